The van der Waals surface area contributed by atoms with Crippen LogP contribution in [0.1, 0.15) is 38.5 Å². The van der Waals surface area contributed by atoms with E-state index in [1.54, 1.807) is 0 Å². The Kier molecular flexibility index (Phi) is 3.77. The Hall–Kier alpha value is -0.650. The number of carbonyl (C=O) groups is 1. The molecule has 1 saturated carbocycles. The van der Waals surface area contributed by atoms with Gasteiger partial charge in [0.05, 0.1) is 12.7 Å². The lowest BCUT2D eigenvalue weighted by Crippen LogP contribution is -2.68. The van der Waals surface area contributed by atoms with Crippen molar-refractivity contribution in [1.82, 2.24) is 5.32 Å². The number of ether oxygens (including phenoxy) is 2. The summed E-state index contributed by atoms with van der Waals surface area (Å²) in [5.41, 5.74) is -1.80. The lowest BCUT2D eigenvalue weighted by Gasteiger charge is -2.55. The molecule has 2 bridgehead atoms. The van der Waals surface area contributed by atoms with Gasteiger partial charge in [0, 0.05) is 19.3 Å². The van der Waals surface area contributed by atoms with Crippen LogP contribution in [0.15, 0.2) is 0 Å². The molecule has 0 radical (unpaired) electrons. The predicted molar refractivity (Wildman–Crippen MR) is 73.2 cm³/mol. The van der Waals surface area contributed by atoms with Crippen LogP contribution in [0.25, 0.3) is 0 Å². The number of piperidine rings is 1. The highest BCUT2D eigenvalue weighted by Gasteiger charge is 2.62. The fourth-order valence-electron chi connectivity index (χ4n) is 4.52. The molecule has 0 amide bonds. The molecule has 3 fully saturated rings. The lowest BCUT2D eigenvalue weighted by atomic mass is 9.56. The Morgan fingerprint density at radius 1 is 1.30 bits per heavy atom. The monoisotopic (exact) mass is 283 g/mol. The molecule has 0 aromatic carbocycles. The van der Waals surface area contributed by atoms with Crippen LogP contribution in [-0.2, 0) is 14.3 Å². The SMILES string of the molecule is COC(=O)C1(C2(O)CCC3CCNC2C3)CCOCC1. The van der Waals surface area contributed by atoms with Gasteiger partial charge in [-0.3, -0.25) is 4.79 Å². The molecule has 3 aliphatic rings. The van der Waals surface area contributed by atoms with Crippen LogP contribution < -0.4 is 5.32 Å². The van der Waals surface area contributed by atoms with Crippen LogP contribution in [0.4, 0.5) is 0 Å². The van der Waals surface area contributed by atoms with Crippen molar-refractivity contribution in [2.75, 3.05) is 26.9 Å². The summed E-state index contributed by atoms with van der Waals surface area (Å²) in [6, 6.07) is 0.00667. The quantitative estimate of drug-likeness (QED) is 0.735. The van der Waals surface area contributed by atoms with Crippen LogP contribution in [0.2, 0.25) is 0 Å². The van der Waals surface area contributed by atoms with E-state index < -0.39 is 11.0 Å². The molecule has 20 heavy (non-hydrogen) atoms. The number of methoxy groups -OCH3 is 1. The molecule has 0 spiro atoms. The predicted octanol–water partition coefficient (Wildman–Crippen LogP) is 0.849. The van der Waals surface area contributed by atoms with E-state index in [0.29, 0.717) is 38.4 Å². The fourth-order valence-corrected chi connectivity index (χ4v) is 4.52. The maximum absolute atomic E-state index is 12.5. The summed E-state index contributed by atoms with van der Waals surface area (Å²) < 4.78 is 10.5. The Bertz CT molecular complexity index is 380. The van der Waals surface area contributed by atoms with Crippen LogP contribution in [0.5, 0.6) is 0 Å². The van der Waals surface area contributed by atoms with Crippen LogP contribution in [0, 0.1) is 11.3 Å². The van der Waals surface area contributed by atoms with E-state index >= 15 is 0 Å². The highest BCUT2D eigenvalue weighted by atomic mass is 16.5. The second-order valence-corrected chi connectivity index (χ2v) is 6.55. The van der Waals surface area contributed by atoms with Gasteiger partial charge in [0.1, 0.15) is 5.41 Å². The molecule has 2 heterocycles. The van der Waals surface area contributed by atoms with Crippen LogP contribution in [-0.4, -0.2) is 49.6 Å². The number of esters is 1. The van der Waals surface area contributed by atoms with E-state index in [1.807, 2.05) is 0 Å². The van der Waals surface area contributed by atoms with Gasteiger partial charge in [-0.25, -0.2) is 0 Å². The van der Waals surface area contributed by atoms with Gasteiger partial charge < -0.3 is 19.9 Å². The number of hydrogen-bond acceptors (Lipinski definition) is 5. The third-order valence-corrected chi connectivity index (χ3v) is 5.77. The van der Waals surface area contributed by atoms with Crippen molar-refractivity contribution >= 4 is 5.97 Å². The van der Waals surface area contributed by atoms with Crippen molar-refractivity contribution in [3.63, 3.8) is 0 Å². The summed E-state index contributed by atoms with van der Waals surface area (Å²) in [6.45, 7) is 1.98. The molecule has 2 N–H and O–H groups in total. The molecular formula is C15H25NO4. The minimum absolute atomic E-state index is 0.00667. The van der Waals surface area contributed by atoms with Crippen LogP contribution >= 0.6 is 0 Å². The van der Waals surface area contributed by atoms with Crippen molar-refractivity contribution in [3.05, 3.63) is 0 Å². The number of aliphatic hydroxyl groups is 1. The van der Waals surface area contributed by atoms with Gasteiger partial charge >= 0.3 is 5.97 Å². The van der Waals surface area contributed by atoms with Gasteiger partial charge in [0.15, 0.2) is 0 Å². The zero-order chi connectivity index (χ0) is 14.2. The normalized spacial score (nSPS) is 40.1. The first-order valence-electron chi connectivity index (χ1n) is 7.74. The number of nitrogens with one attached hydrogen (secondary N) is 1. The summed E-state index contributed by atoms with van der Waals surface area (Å²) in [4.78, 5) is 12.5. The minimum atomic E-state index is -0.999. The third-order valence-electron chi connectivity index (χ3n) is 5.77. The van der Waals surface area contributed by atoms with Crippen molar-refractivity contribution in [2.45, 2.75) is 50.2 Å². The Morgan fingerprint density at radius 3 is 2.75 bits per heavy atom. The fraction of sp³-hybridized carbons (Fsp3) is 0.933. The van der Waals surface area contributed by atoms with E-state index in [1.165, 1.54) is 13.5 Å². The van der Waals surface area contributed by atoms with Crippen molar-refractivity contribution in [3.8, 4) is 0 Å². The average molecular weight is 283 g/mol. The highest BCUT2D eigenvalue weighted by molar-refractivity contribution is 5.79. The maximum atomic E-state index is 12.5. The average Bonchev–Trinajstić information content (AvgIpc) is 2.51. The molecular weight excluding hydrogens is 258 g/mol. The van der Waals surface area contributed by atoms with E-state index in [9.17, 15) is 9.90 Å². The van der Waals surface area contributed by atoms with Crippen molar-refractivity contribution < 1.29 is 19.4 Å². The van der Waals surface area contributed by atoms with Gasteiger partial charge in [-0.15, -0.1) is 0 Å². The van der Waals surface area contributed by atoms with Gasteiger partial charge in [0.25, 0.3) is 0 Å². The largest absolute Gasteiger partial charge is 0.469 e. The second kappa shape index (κ2) is 5.28. The first kappa shape index (κ1) is 14.3. The second-order valence-electron chi connectivity index (χ2n) is 6.55. The molecule has 2 aliphatic heterocycles. The van der Waals surface area contributed by atoms with Crippen molar-refractivity contribution in [2.24, 2.45) is 11.3 Å². The highest BCUT2D eigenvalue weighted by Crippen LogP contribution is 2.51. The Morgan fingerprint density at radius 2 is 2.05 bits per heavy atom. The van der Waals surface area contributed by atoms with E-state index in [4.69, 9.17) is 9.47 Å². The molecule has 0 aromatic rings. The summed E-state index contributed by atoms with van der Waals surface area (Å²) in [7, 11) is 1.42. The van der Waals surface area contributed by atoms with Gasteiger partial charge in [-0.05, 0) is 51.0 Å². The Balaban J connectivity index is 1.94. The standard InChI is InChI=1S/C15H25NO4/c1-19-13(17)14(5-8-20-9-6-14)15(18)4-2-11-3-7-16-12(15)10-11/h11-12,16,18H,2-10H2,1H3. The van der Waals surface area contributed by atoms with Crippen LogP contribution in [0.3, 0.4) is 0 Å². The topological polar surface area (TPSA) is 67.8 Å². The number of rotatable bonds is 2. The molecule has 114 valence electrons. The van der Waals surface area contributed by atoms with E-state index in [0.717, 1.165) is 19.4 Å². The van der Waals surface area contributed by atoms with Gasteiger partial charge in [-0.2, -0.15) is 0 Å². The summed E-state index contributed by atoms with van der Waals surface area (Å²) in [5, 5.41) is 14.9. The molecule has 3 rings (SSSR count). The molecule has 1 aliphatic carbocycles. The molecule has 0 aromatic heterocycles. The van der Waals surface area contributed by atoms with Gasteiger partial charge in [-0.1, -0.05) is 0 Å². The number of fused-ring (bicyclic) bond motifs is 2. The summed E-state index contributed by atoms with van der Waals surface area (Å²) >= 11 is 0. The minimum Gasteiger partial charge on any atom is -0.469 e. The summed E-state index contributed by atoms with van der Waals surface area (Å²) in [6.07, 6.45) is 4.95. The third kappa shape index (κ3) is 1.98. The number of carbonyl (C=O) groups excluding carboxylic acids is 1. The molecule has 5 nitrogen and oxygen atoms in total. The van der Waals surface area contributed by atoms with Crippen molar-refractivity contribution in [1.29, 1.82) is 0 Å². The smallest absolute Gasteiger partial charge is 0.314 e. The zero-order valence-electron chi connectivity index (χ0n) is 12.2. The maximum Gasteiger partial charge on any atom is 0.314 e. The Labute approximate surface area is 120 Å². The molecule has 3 unspecified atom stereocenters. The molecule has 3 atom stereocenters. The number of hydrogen-bond donors (Lipinski definition) is 2. The zero-order valence-corrected chi connectivity index (χ0v) is 12.2. The molecule has 2 saturated heterocycles. The molecule has 5 heteroatoms. The van der Waals surface area contributed by atoms with E-state index in [-0.39, 0.29) is 12.0 Å². The summed E-state index contributed by atoms with van der Waals surface area (Å²) in [5.74, 6) is 0.421. The lowest BCUT2D eigenvalue weighted by molar-refractivity contribution is -0.204. The van der Waals surface area contributed by atoms with Gasteiger partial charge in [0.2, 0.25) is 0 Å². The first-order chi connectivity index (χ1) is 9.62. The van der Waals surface area contributed by atoms with E-state index in [2.05, 4.69) is 5.32 Å². The first-order valence-corrected chi connectivity index (χ1v) is 7.74.